The van der Waals surface area contributed by atoms with Gasteiger partial charge < -0.3 is 15.0 Å². The van der Waals surface area contributed by atoms with E-state index in [0.29, 0.717) is 5.75 Å². The maximum Gasteiger partial charge on any atom is 0.264 e. The van der Waals surface area contributed by atoms with Crippen molar-refractivity contribution in [3.8, 4) is 5.75 Å². The van der Waals surface area contributed by atoms with Crippen molar-refractivity contribution >= 4 is 27.5 Å². The molecule has 0 heterocycles. The number of carbonyl (C=O) groups excluding carboxylic acids is 2. The number of aryl methyl sites for hydroxylation is 2. The molecule has 43 heavy (non-hydrogen) atoms. The Bertz CT molecular complexity index is 1660. The molecule has 1 atom stereocenters. The van der Waals surface area contributed by atoms with E-state index in [1.807, 2.05) is 68.4 Å². The van der Waals surface area contributed by atoms with Crippen LogP contribution in [0.1, 0.15) is 22.3 Å². The van der Waals surface area contributed by atoms with Gasteiger partial charge in [0.05, 0.1) is 17.7 Å². The molecule has 0 radical (unpaired) electrons. The third-order valence-corrected chi connectivity index (χ3v) is 9.14. The summed E-state index contributed by atoms with van der Waals surface area (Å²) in [6.07, 6.45) is 0.252. The van der Waals surface area contributed by atoms with E-state index in [1.165, 1.54) is 31.2 Å². The van der Waals surface area contributed by atoms with Crippen molar-refractivity contribution in [2.24, 2.45) is 0 Å². The smallest absolute Gasteiger partial charge is 0.264 e. The van der Waals surface area contributed by atoms with Crippen LogP contribution in [0.2, 0.25) is 0 Å². The highest BCUT2D eigenvalue weighted by Gasteiger charge is 2.34. The van der Waals surface area contributed by atoms with Gasteiger partial charge in [-0.2, -0.15) is 0 Å². The number of hydrogen-bond donors (Lipinski definition) is 1. The fraction of sp³-hybridized carbons (Fsp3) is 0.235. The summed E-state index contributed by atoms with van der Waals surface area (Å²) < 4.78 is 34.6. The molecule has 0 spiro atoms. The first-order valence-corrected chi connectivity index (χ1v) is 15.4. The van der Waals surface area contributed by atoms with Gasteiger partial charge in [-0.25, -0.2) is 8.42 Å². The van der Waals surface area contributed by atoms with Crippen LogP contribution in [-0.2, 0) is 32.6 Å². The number of ether oxygens (including phenoxy) is 1. The zero-order chi connectivity index (χ0) is 31.0. The first-order valence-electron chi connectivity index (χ1n) is 14.0. The molecule has 0 fully saturated rings. The molecule has 0 aromatic heterocycles. The summed E-state index contributed by atoms with van der Waals surface area (Å²) in [7, 11) is -1.17. The van der Waals surface area contributed by atoms with Crippen LogP contribution >= 0.6 is 0 Å². The Labute approximate surface area is 254 Å². The van der Waals surface area contributed by atoms with Crippen LogP contribution in [0.15, 0.2) is 108 Å². The Morgan fingerprint density at radius 3 is 2.19 bits per heavy atom. The van der Waals surface area contributed by atoms with Crippen molar-refractivity contribution in [1.82, 2.24) is 10.2 Å². The van der Waals surface area contributed by atoms with Crippen LogP contribution in [-0.4, -0.2) is 51.9 Å². The highest BCUT2D eigenvalue weighted by Crippen LogP contribution is 2.28. The lowest BCUT2D eigenvalue weighted by Gasteiger charge is -2.34. The van der Waals surface area contributed by atoms with Gasteiger partial charge >= 0.3 is 0 Å². The van der Waals surface area contributed by atoms with Crippen molar-refractivity contribution < 1.29 is 22.7 Å². The molecule has 0 aliphatic carbocycles. The van der Waals surface area contributed by atoms with E-state index in [-0.39, 0.29) is 29.5 Å². The lowest BCUT2D eigenvalue weighted by atomic mass is 10.0. The normalized spacial score (nSPS) is 11.8. The summed E-state index contributed by atoms with van der Waals surface area (Å²) >= 11 is 0. The number of amides is 2. The molecular formula is C34H37N3O5S. The Kier molecular flexibility index (Phi) is 10.2. The lowest BCUT2D eigenvalue weighted by molar-refractivity contribution is -0.139. The van der Waals surface area contributed by atoms with E-state index in [2.05, 4.69) is 5.32 Å². The predicted octanol–water partition coefficient (Wildman–Crippen LogP) is 4.89. The Balaban J connectivity index is 1.81. The minimum atomic E-state index is -4.19. The summed E-state index contributed by atoms with van der Waals surface area (Å²) in [5.74, 6) is -0.426. The molecule has 1 N–H and O–H groups in total. The molecule has 4 aromatic rings. The van der Waals surface area contributed by atoms with Crippen molar-refractivity contribution in [2.75, 3.05) is 25.0 Å². The van der Waals surface area contributed by atoms with Gasteiger partial charge in [0, 0.05) is 26.1 Å². The number of anilines is 1. The Hall–Kier alpha value is -4.63. The van der Waals surface area contributed by atoms with Gasteiger partial charge in [0.25, 0.3) is 10.0 Å². The third-order valence-electron chi connectivity index (χ3n) is 7.35. The van der Waals surface area contributed by atoms with Gasteiger partial charge in [0.1, 0.15) is 18.3 Å². The zero-order valence-electron chi connectivity index (χ0n) is 24.9. The number of sulfonamides is 1. The molecule has 0 aliphatic heterocycles. The molecule has 2 amide bonds. The van der Waals surface area contributed by atoms with Crippen LogP contribution in [0.25, 0.3) is 0 Å². The average Bonchev–Trinajstić information content (AvgIpc) is 3.02. The molecule has 0 aliphatic rings. The number of methoxy groups -OCH3 is 1. The SMILES string of the molecule is CNC(=O)[C@@H](Cc1ccccc1)N(Cc1ccccc1C)C(=O)CN(c1cccc(OC)c1)S(=O)(=O)c1ccc(C)cc1. The summed E-state index contributed by atoms with van der Waals surface area (Å²) in [6, 6.07) is 29.2. The number of nitrogens with zero attached hydrogens (tertiary/aromatic N) is 2. The third kappa shape index (κ3) is 7.61. The van der Waals surface area contributed by atoms with Crippen molar-refractivity contribution in [3.05, 3.63) is 125 Å². The van der Waals surface area contributed by atoms with E-state index in [9.17, 15) is 18.0 Å². The second kappa shape index (κ2) is 14.0. The topological polar surface area (TPSA) is 96.0 Å². The van der Waals surface area contributed by atoms with Crippen LogP contribution in [0.4, 0.5) is 5.69 Å². The van der Waals surface area contributed by atoms with Gasteiger partial charge in [-0.3, -0.25) is 13.9 Å². The maximum atomic E-state index is 14.4. The first-order chi connectivity index (χ1) is 20.6. The van der Waals surface area contributed by atoms with Gasteiger partial charge in [-0.15, -0.1) is 0 Å². The molecule has 224 valence electrons. The summed E-state index contributed by atoms with van der Waals surface area (Å²) in [5, 5.41) is 2.70. The van der Waals surface area contributed by atoms with E-state index in [0.717, 1.165) is 26.6 Å². The maximum absolute atomic E-state index is 14.4. The molecule has 4 rings (SSSR count). The standard InChI is InChI=1S/C34H37N3O5S/c1-25-17-19-31(20-18-25)43(40,41)37(29-15-10-16-30(22-29)42-4)24-33(38)36(23-28-14-9-8-11-26(28)2)32(34(39)35-3)21-27-12-6-5-7-13-27/h5-20,22,32H,21,23-24H2,1-4H3,(H,35,39)/t32-/m1/s1. The van der Waals surface area contributed by atoms with Crippen molar-refractivity contribution in [3.63, 3.8) is 0 Å². The number of carbonyl (C=O) groups is 2. The second-order valence-corrected chi connectivity index (χ2v) is 12.2. The van der Waals surface area contributed by atoms with Crippen LogP contribution in [0, 0.1) is 13.8 Å². The summed E-state index contributed by atoms with van der Waals surface area (Å²) in [5.41, 5.74) is 3.85. The number of hydrogen-bond acceptors (Lipinski definition) is 5. The van der Waals surface area contributed by atoms with Gasteiger partial charge in [0.2, 0.25) is 11.8 Å². The minimum Gasteiger partial charge on any atom is -0.497 e. The van der Waals surface area contributed by atoms with Crippen molar-refractivity contribution in [1.29, 1.82) is 0 Å². The van der Waals surface area contributed by atoms with Crippen LogP contribution in [0.5, 0.6) is 5.75 Å². The van der Waals surface area contributed by atoms with Gasteiger partial charge in [-0.1, -0.05) is 78.4 Å². The summed E-state index contributed by atoms with van der Waals surface area (Å²) in [4.78, 5) is 29.3. The van der Waals surface area contributed by atoms with Crippen molar-refractivity contribution in [2.45, 2.75) is 37.8 Å². The van der Waals surface area contributed by atoms with E-state index >= 15 is 0 Å². The van der Waals surface area contributed by atoms with Gasteiger partial charge in [-0.05, 0) is 54.8 Å². The monoisotopic (exact) mass is 599 g/mol. The molecule has 0 unspecified atom stereocenters. The molecule has 8 nitrogen and oxygen atoms in total. The number of likely N-dealkylation sites (N-methyl/N-ethyl adjacent to an activating group) is 1. The Morgan fingerprint density at radius 2 is 1.53 bits per heavy atom. The highest BCUT2D eigenvalue weighted by molar-refractivity contribution is 7.92. The number of benzene rings is 4. The fourth-order valence-electron chi connectivity index (χ4n) is 4.82. The predicted molar refractivity (Wildman–Crippen MR) is 168 cm³/mol. The average molecular weight is 600 g/mol. The van der Waals surface area contributed by atoms with Crippen LogP contribution < -0.4 is 14.4 Å². The first kappa shape index (κ1) is 31.3. The van der Waals surface area contributed by atoms with E-state index < -0.39 is 28.5 Å². The molecule has 0 saturated heterocycles. The minimum absolute atomic E-state index is 0.0475. The largest absolute Gasteiger partial charge is 0.497 e. The summed E-state index contributed by atoms with van der Waals surface area (Å²) in [6.45, 7) is 3.40. The number of rotatable bonds is 12. The molecule has 0 bridgehead atoms. The fourth-order valence-corrected chi connectivity index (χ4v) is 6.23. The molecular weight excluding hydrogens is 562 g/mol. The van der Waals surface area contributed by atoms with E-state index in [1.54, 1.807) is 36.4 Å². The quantitative estimate of drug-likeness (QED) is 0.250. The van der Waals surface area contributed by atoms with E-state index in [4.69, 9.17) is 4.74 Å². The van der Waals surface area contributed by atoms with Gasteiger partial charge in [0.15, 0.2) is 0 Å². The molecule has 0 saturated carbocycles. The second-order valence-electron chi connectivity index (χ2n) is 10.3. The van der Waals surface area contributed by atoms with Crippen LogP contribution in [0.3, 0.4) is 0 Å². The zero-order valence-corrected chi connectivity index (χ0v) is 25.7. The lowest BCUT2D eigenvalue weighted by Crippen LogP contribution is -2.53. The molecule has 4 aromatic carbocycles. The highest BCUT2D eigenvalue weighted by atomic mass is 32.2. The Morgan fingerprint density at radius 1 is 0.860 bits per heavy atom. The number of nitrogens with one attached hydrogen (secondary N) is 1. The molecule has 9 heteroatoms.